The highest BCUT2D eigenvalue weighted by Crippen LogP contribution is 2.31. The van der Waals surface area contributed by atoms with E-state index in [1.165, 1.54) is 0 Å². The summed E-state index contributed by atoms with van der Waals surface area (Å²) >= 11 is 0. The van der Waals surface area contributed by atoms with Gasteiger partial charge < -0.3 is 10.1 Å². The van der Waals surface area contributed by atoms with E-state index >= 15 is 0 Å². The lowest BCUT2D eigenvalue weighted by atomic mass is 10.0. The zero-order chi connectivity index (χ0) is 16.5. The average Bonchev–Trinajstić information content (AvgIpc) is 3.05. The third kappa shape index (κ3) is 2.40. The zero-order valence-electron chi connectivity index (χ0n) is 12.5. The van der Waals surface area contributed by atoms with Gasteiger partial charge in [0.05, 0.1) is 0 Å². The number of fused-ring (bicyclic) bond motifs is 1. The fourth-order valence-electron chi connectivity index (χ4n) is 2.65. The van der Waals surface area contributed by atoms with Gasteiger partial charge in [0.2, 0.25) is 0 Å². The van der Waals surface area contributed by atoms with Crippen molar-refractivity contribution < 1.29 is 5.11 Å². The van der Waals surface area contributed by atoms with Crippen molar-refractivity contribution in [2.24, 2.45) is 5.18 Å². The Morgan fingerprint density at radius 2 is 1.67 bits per heavy atom. The summed E-state index contributed by atoms with van der Waals surface area (Å²) in [4.78, 5) is 22.1. The molecule has 24 heavy (non-hydrogen) atoms. The van der Waals surface area contributed by atoms with E-state index in [1.54, 1.807) is 36.7 Å². The van der Waals surface area contributed by atoms with Crippen molar-refractivity contribution in [3.05, 3.63) is 66.0 Å². The van der Waals surface area contributed by atoms with Crippen LogP contribution in [-0.2, 0) is 0 Å². The Labute approximate surface area is 136 Å². The fourth-order valence-corrected chi connectivity index (χ4v) is 2.65. The molecule has 0 amide bonds. The molecule has 0 radical (unpaired) electrons. The second-order valence-electron chi connectivity index (χ2n) is 5.37. The molecule has 6 nitrogen and oxygen atoms in total. The molecule has 0 bridgehead atoms. The van der Waals surface area contributed by atoms with Crippen LogP contribution in [0.1, 0.15) is 0 Å². The van der Waals surface area contributed by atoms with Gasteiger partial charge in [-0.15, -0.1) is 4.91 Å². The molecular formula is C18H12N4O2. The molecule has 0 saturated heterocycles. The van der Waals surface area contributed by atoms with Gasteiger partial charge in [-0.1, -0.05) is 12.1 Å². The number of hydrogen-bond donors (Lipinski definition) is 2. The summed E-state index contributed by atoms with van der Waals surface area (Å²) in [6.07, 6.45) is 5.25. The van der Waals surface area contributed by atoms with Crippen molar-refractivity contribution >= 4 is 16.9 Å². The number of phenols is 1. The van der Waals surface area contributed by atoms with Gasteiger partial charge in [-0.25, -0.2) is 9.97 Å². The second-order valence-corrected chi connectivity index (χ2v) is 5.37. The molecule has 0 aliphatic carbocycles. The molecule has 1 aromatic carbocycles. The highest BCUT2D eigenvalue weighted by atomic mass is 16.3. The van der Waals surface area contributed by atoms with Crippen LogP contribution < -0.4 is 0 Å². The van der Waals surface area contributed by atoms with E-state index in [4.69, 9.17) is 0 Å². The summed E-state index contributed by atoms with van der Waals surface area (Å²) < 4.78 is 0. The molecule has 3 aromatic heterocycles. The molecule has 3 heterocycles. The average molecular weight is 316 g/mol. The summed E-state index contributed by atoms with van der Waals surface area (Å²) in [5.41, 5.74) is 4.51. The van der Waals surface area contributed by atoms with Crippen LogP contribution in [0.15, 0.2) is 66.2 Å². The van der Waals surface area contributed by atoms with Crippen molar-refractivity contribution in [2.75, 3.05) is 0 Å². The Morgan fingerprint density at radius 3 is 2.38 bits per heavy atom. The predicted molar refractivity (Wildman–Crippen MR) is 91.9 cm³/mol. The molecule has 0 aliphatic heterocycles. The first-order chi connectivity index (χ1) is 11.7. The SMILES string of the molecule is O=Nc1ccc(-c2cnc3[nH]cc(-c4ccc(O)cc4)c3c2)cn1. The Balaban J connectivity index is 1.83. The number of nitrogens with zero attached hydrogens (tertiary/aromatic N) is 3. The molecule has 0 unspecified atom stereocenters. The normalized spacial score (nSPS) is 10.8. The molecule has 0 atom stereocenters. The van der Waals surface area contributed by atoms with Crippen LogP contribution in [-0.4, -0.2) is 20.1 Å². The minimum atomic E-state index is 0.152. The first kappa shape index (κ1) is 14.1. The first-order valence-electron chi connectivity index (χ1n) is 7.31. The topological polar surface area (TPSA) is 91.2 Å². The zero-order valence-corrected chi connectivity index (χ0v) is 12.5. The molecule has 6 heteroatoms. The van der Waals surface area contributed by atoms with Crippen molar-refractivity contribution in [1.29, 1.82) is 0 Å². The molecule has 0 fully saturated rings. The van der Waals surface area contributed by atoms with Crippen molar-refractivity contribution in [3.63, 3.8) is 0 Å². The number of pyridine rings is 2. The predicted octanol–water partition coefficient (Wildman–Crippen LogP) is 4.40. The first-order valence-corrected chi connectivity index (χ1v) is 7.31. The minimum Gasteiger partial charge on any atom is -0.508 e. The number of benzene rings is 1. The van der Waals surface area contributed by atoms with Gasteiger partial charge >= 0.3 is 0 Å². The van der Waals surface area contributed by atoms with Crippen LogP contribution in [0.25, 0.3) is 33.3 Å². The number of rotatable bonds is 3. The lowest BCUT2D eigenvalue weighted by Crippen LogP contribution is -1.84. The van der Waals surface area contributed by atoms with Gasteiger partial charge in [-0.3, -0.25) is 0 Å². The van der Waals surface area contributed by atoms with E-state index in [9.17, 15) is 10.0 Å². The van der Waals surface area contributed by atoms with Crippen LogP contribution in [0.4, 0.5) is 5.82 Å². The number of aromatic nitrogens is 3. The lowest BCUT2D eigenvalue weighted by Gasteiger charge is -2.03. The Morgan fingerprint density at radius 1 is 0.917 bits per heavy atom. The summed E-state index contributed by atoms with van der Waals surface area (Å²) in [6, 6.07) is 12.4. The number of hydrogen-bond acceptors (Lipinski definition) is 5. The maximum Gasteiger partial charge on any atom is 0.196 e. The van der Waals surface area contributed by atoms with Gasteiger partial charge in [0.1, 0.15) is 11.4 Å². The maximum atomic E-state index is 10.5. The quantitative estimate of drug-likeness (QED) is 0.548. The van der Waals surface area contributed by atoms with Crippen LogP contribution in [0.3, 0.4) is 0 Å². The molecule has 116 valence electrons. The van der Waals surface area contributed by atoms with Gasteiger partial charge in [-0.2, -0.15) is 0 Å². The van der Waals surface area contributed by atoms with E-state index in [2.05, 4.69) is 20.1 Å². The second kappa shape index (κ2) is 5.58. The van der Waals surface area contributed by atoms with E-state index in [-0.39, 0.29) is 11.6 Å². The van der Waals surface area contributed by atoms with Crippen LogP contribution in [0.5, 0.6) is 5.75 Å². The molecule has 4 aromatic rings. The molecule has 2 N–H and O–H groups in total. The van der Waals surface area contributed by atoms with Crippen molar-refractivity contribution in [3.8, 4) is 28.0 Å². The number of H-pyrrole nitrogens is 1. The third-order valence-corrected chi connectivity index (χ3v) is 3.88. The molecule has 0 saturated carbocycles. The molecule has 0 aliphatic rings. The summed E-state index contributed by atoms with van der Waals surface area (Å²) in [7, 11) is 0. The highest BCUT2D eigenvalue weighted by Gasteiger charge is 2.09. The standard InChI is InChI=1S/C18H12N4O2/c23-14-4-1-11(2-5-14)16-10-21-18-15(16)7-13(9-20-18)12-3-6-17(22-24)19-8-12/h1-10,23H,(H,20,21). The van der Waals surface area contributed by atoms with Gasteiger partial charge in [0.25, 0.3) is 0 Å². The number of phenolic OH excluding ortho intramolecular Hbond substituents is 1. The van der Waals surface area contributed by atoms with Crippen LogP contribution in [0, 0.1) is 4.91 Å². The van der Waals surface area contributed by atoms with E-state index < -0.39 is 0 Å². The van der Waals surface area contributed by atoms with Crippen molar-refractivity contribution in [1.82, 2.24) is 15.0 Å². The number of aromatic hydroxyl groups is 1. The Kier molecular flexibility index (Phi) is 3.28. The Bertz CT molecular complexity index is 1020. The van der Waals surface area contributed by atoms with E-state index in [1.807, 2.05) is 24.4 Å². The number of nitrogens with one attached hydrogen (secondary N) is 1. The Hall–Kier alpha value is -3.54. The lowest BCUT2D eigenvalue weighted by molar-refractivity contribution is 0.475. The maximum absolute atomic E-state index is 10.5. The van der Waals surface area contributed by atoms with E-state index in [0.717, 1.165) is 33.3 Å². The third-order valence-electron chi connectivity index (χ3n) is 3.88. The van der Waals surface area contributed by atoms with Crippen LogP contribution in [0.2, 0.25) is 0 Å². The number of aromatic amines is 1. The van der Waals surface area contributed by atoms with Gasteiger partial charge in [0.15, 0.2) is 5.82 Å². The fraction of sp³-hybridized carbons (Fsp3) is 0. The molecular weight excluding hydrogens is 304 g/mol. The van der Waals surface area contributed by atoms with Gasteiger partial charge in [0, 0.05) is 40.7 Å². The highest BCUT2D eigenvalue weighted by molar-refractivity contribution is 5.95. The van der Waals surface area contributed by atoms with Crippen molar-refractivity contribution in [2.45, 2.75) is 0 Å². The molecule has 0 spiro atoms. The number of nitroso groups, excluding NO2 is 1. The minimum absolute atomic E-state index is 0.152. The molecule has 4 rings (SSSR count). The van der Waals surface area contributed by atoms with E-state index in [0.29, 0.717) is 0 Å². The monoisotopic (exact) mass is 316 g/mol. The summed E-state index contributed by atoms with van der Waals surface area (Å²) in [5.74, 6) is 0.381. The summed E-state index contributed by atoms with van der Waals surface area (Å²) in [5, 5.41) is 13.2. The van der Waals surface area contributed by atoms with Gasteiger partial charge in [-0.05, 0) is 41.1 Å². The largest absolute Gasteiger partial charge is 0.508 e. The van der Waals surface area contributed by atoms with Crippen LogP contribution >= 0.6 is 0 Å². The smallest absolute Gasteiger partial charge is 0.196 e. The summed E-state index contributed by atoms with van der Waals surface area (Å²) in [6.45, 7) is 0.